The number of benzene rings is 1. The van der Waals surface area contributed by atoms with Crippen LogP contribution in [0, 0.1) is 0 Å². The lowest BCUT2D eigenvalue weighted by atomic mass is 10.2. The molecule has 150 valence electrons. The molecule has 1 N–H and O–H groups in total. The Kier molecular flexibility index (Phi) is 5.83. The number of sulfone groups is 1. The molecule has 0 radical (unpaired) electrons. The van der Waals surface area contributed by atoms with Crippen LogP contribution in [0.25, 0.3) is 0 Å². The van der Waals surface area contributed by atoms with E-state index in [1.165, 1.54) is 0 Å². The summed E-state index contributed by atoms with van der Waals surface area (Å²) >= 11 is 0. The van der Waals surface area contributed by atoms with Crippen LogP contribution in [0.3, 0.4) is 0 Å². The van der Waals surface area contributed by atoms with Crippen molar-refractivity contribution in [1.29, 1.82) is 0 Å². The monoisotopic (exact) mass is 395 g/mol. The molecule has 0 unspecified atom stereocenters. The Balaban J connectivity index is 1.81. The number of nitrogens with one attached hydrogen (secondary N) is 1. The van der Waals surface area contributed by atoms with Gasteiger partial charge in [0, 0.05) is 31.6 Å². The third-order valence-corrected chi connectivity index (χ3v) is 7.46. The van der Waals surface area contributed by atoms with E-state index in [4.69, 9.17) is 14.5 Å². The summed E-state index contributed by atoms with van der Waals surface area (Å²) in [5.74, 6) is 2.39. The molecule has 8 heteroatoms. The third kappa shape index (κ3) is 4.31. The highest BCUT2D eigenvalue weighted by molar-refractivity contribution is 7.92. The van der Waals surface area contributed by atoms with Crippen molar-refractivity contribution in [3.63, 3.8) is 0 Å². The van der Waals surface area contributed by atoms with E-state index in [1.807, 2.05) is 30.0 Å². The Morgan fingerprint density at radius 3 is 2.81 bits per heavy atom. The van der Waals surface area contributed by atoms with Gasteiger partial charge < -0.3 is 19.7 Å². The number of para-hydroxylation sites is 1. The lowest BCUT2D eigenvalue weighted by Gasteiger charge is -2.39. The normalized spacial score (nSPS) is 21.4. The zero-order valence-electron chi connectivity index (χ0n) is 16.3. The van der Waals surface area contributed by atoms with Crippen LogP contribution >= 0.6 is 0 Å². The number of rotatable bonds is 3. The van der Waals surface area contributed by atoms with Crippen LogP contribution in [-0.2, 0) is 16.4 Å². The number of nitrogens with zero attached hydrogens (tertiary/aromatic N) is 2. The van der Waals surface area contributed by atoms with Gasteiger partial charge >= 0.3 is 0 Å². The van der Waals surface area contributed by atoms with E-state index in [1.54, 1.807) is 13.8 Å². The summed E-state index contributed by atoms with van der Waals surface area (Å²) in [6, 6.07) is 5.85. The zero-order valence-corrected chi connectivity index (χ0v) is 17.1. The van der Waals surface area contributed by atoms with Crippen molar-refractivity contribution in [2.45, 2.75) is 38.5 Å². The molecule has 1 saturated heterocycles. The van der Waals surface area contributed by atoms with Crippen LogP contribution in [0.4, 0.5) is 0 Å². The summed E-state index contributed by atoms with van der Waals surface area (Å²) in [6.07, 6.45) is 0.858. The van der Waals surface area contributed by atoms with Crippen molar-refractivity contribution in [3.8, 4) is 11.5 Å². The largest absolute Gasteiger partial charge is 0.490 e. The molecule has 7 nitrogen and oxygen atoms in total. The molecule has 0 aliphatic carbocycles. The zero-order chi connectivity index (χ0) is 19.5. The Morgan fingerprint density at radius 2 is 2.07 bits per heavy atom. The van der Waals surface area contributed by atoms with E-state index in [2.05, 4.69) is 5.32 Å². The van der Waals surface area contributed by atoms with Gasteiger partial charge in [-0.1, -0.05) is 12.1 Å². The molecule has 1 aromatic rings. The van der Waals surface area contributed by atoms with E-state index < -0.39 is 14.6 Å². The highest BCUT2D eigenvalue weighted by atomic mass is 32.2. The number of aliphatic imine (C=N–C) groups is 1. The Bertz CT molecular complexity index is 805. The van der Waals surface area contributed by atoms with Crippen LogP contribution in [0.1, 0.15) is 32.8 Å². The van der Waals surface area contributed by atoms with Crippen LogP contribution in [0.2, 0.25) is 0 Å². The maximum absolute atomic E-state index is 12.3. The number of hydrogen-bond donors (Lipinski definition) is 1. The van der Waals surface area contributed by atoms with Gasteiger partial charge in [-0.15, -0.1) is 0 Å². The minimum atomic E-state index is -3.09. The van der Waals surface area contributed by atoms with Crippen LogP contribution in [0.5, 0.6) is 11.5 Å². The number of ether oxygens (including phenoxy) is 2. The molecular formula is C19H29N3O4S. The molecule has 0 bridgehead atoms. The Labute approximate surface area is 161 Å². The highest BCUT2D eigenvalue weighted by Gasteiger charge is 2.41. The van der Waals surface area contributed by atoms with Crippen molar-refractivity contribution in [2.75, 3.05) is 38.6 Å². The third-order valence-electron chi connectivity index (χ3n) is 4.93. The molecule has 1 fully saturated rings. The number of guanidine groups is 1. The van der Waals surface area contributed by atoms with Gasteiger partial charge in [0.1, 0.15) is 0 Å². The molecule has 0 saturated carbocycles. The van der Waals surface area contributed by atoms with Gasteiger partial charge in [0.05, 0.1) is 30.3 Å². The first-order valence-corrected chi connectivity index (χ1v) is 11.1. The smallest absolute Gasteiger partial charge is 0.194 e. The first-order valence-electron chi connectivity index (χ1n) is 9.47. The van der Waals surface area contributed by atoms with Gasteiger partial charge in [0.2, 0.25) is 0 Å². The highest BCUT2D eigenvalue weighted by Crippen LogP contribution is 2.33. The fraction of sp³-hybridized carbons (Fsp3) is 0.632. The van der Waals surface area contributed by atoms with Gasteiger partial charge in [0.25, 0.3) is 0 Å². The second kappa shape index (κ2) is 7.96. The number of fused-ring (bicyclic) bond motifs is 1. The first-order chi connectivity index (χ1) is 12.8. The molecule has 27 heavy (non-hydrogen) atoms. The summed E-state index contributed by atoms with van der Waals surface area (Å²) in [7, 11) is -3.09. The average Bonchev–Trinajstić information content (AvgIpc) is 2.87. The number of hydrogen-bond acceptors (Lipinski definition) is 5. The maximum Gasteiger partial charge on any atom is 0.194 e. The Hall–Kier alpha value is -1.96. The molecule has 3 rings (SSSR count). The minimum absolute atomic E-state index is 0.141. The van der Waals surface area contributed by atoms with E-state index >= 15 is 0 Å². The molecule has 0 atom stereocenters. The lowest BCUT2D eigenvalue weighted by molar-refractivity contribution is 0.296. The average molecular weight is 396 g/mol. The van der Waals surface area contributed by atoms with Crippen LogP contribution in [0.15, 0.2) is 23.2 Å². The van der Waals surface area contributed by atoms with Gasteiger partial charge in [-0.3, -0.25) is 0 Å². The van der Waals surface area contributed by atoms with Crippen molar-refractivity contribution in [2.24, 2.45) is 4.99 Å². The molecule has 2 aliphatic heterocycles. The maximum atomic E-state index is 12.3. The summed E-state index contributed by atoms with van der Waals surface area (Å²) in [5.41, 5.74) is 0.966. The van der Waals surface area contributed by atoms with E-state index in [0.717, 1.165) is 36.0 Å². The predicted octanol–water partition coefficient (Wildman–Crippen LogP) is 1.82. The topological polar surface area (TPSA) is 80.2 Å². The summed E-state index contributed by atoms with van der Waals surface area (Å²) in [6.45, 7) is 8.88. The second-order valence-electron chi connectivity index (χ2n) is 7.47. The van der Waals surface area contributed by atoms with Gasteiger partial charge in [-0.25, -0.2) is 13.4 Å². The van der Waals surface area contributed by atoms with Gasteiger partial charge in [-0.05, 0) is 26.8 Å². The molecular weight excluding hydrogens is 366 g/mol. The molecule has 2 aliphatic rings. The van der Waals surface area contributed by atoms with Crippen molar-refractivity contribution in [3.05, 3.63) is 23.8 Å². The minimum Gasteiger partial charge on any atom is -0.490 e. The fourth-order valence-corrected chi connectivity index (χ4v) is 4.65. The molecule has 1 aromatic carbocycles. The molecule has 2 heterocycles. The van der Waals surface area contributed by atoms with Crippen molar-refractivity contribution < 1.29 is 17.9 Å². The Morgan fingerprint density at radius 1 is 1.30 bits per heavy atom. The predicted molar refractivity (Wildman–Crippen MR) is 106 cm³/mol. The van der Waals surface area contributed by atoms with Gasteiger partial charge in [-0.2, -0.15) is 0 Å². The summed E-state index contributed by atoms with van der Waals surface area (Å²) < 4.78 is 35.4. The standard InChI is InChI=1S/C19H29N3O4S/c1-4-20-18(22-9-12-27(23,24)19(2,3)14-22)21-13-15-7-5-8-16-17(15)26-11-6-10-25-16/h5,7-8H,4,6,9-14H2,1-3H3,(H,20,21). The SMILES string of the molecule is CCNC(=NCc1cccc2c1OCCCO2)N1CCS(=O)(=O)C(C)(C)C1. The summed E-state index contributed by atoms with van der Waals surface area (Å²) in [4.78, 5) is 6.79. The summed E-state index contributed by atoms with van der Waals surface area (Å²) in [5, 5.41) is 3.29. The van der Waals surface area contributed by atoms with Crippen LogP contribution in [-0.4, -0.2) is 62.6 Å². The van der Waals surface area contributed by atoms with Gasteiger partial charge in [0.15, 0.2) is 27.3 Å². The van der Waals surface area contributed by atoms with Crippen LogP contribution < -0.4 is 14.8 Å². The molecule has 0 aromatic heterocycles. The first kappa shape index (κ1) is 19.8. The quantitative estimate of drug-likeness (QED) is 0.621. The fourth-order valence-electron chi connectivity index (χ4n) is 3.29. The van der Waals surface area contributed by atoms with Crippen molar-refractivity contribution >= 4 is 15.8 Å². The molecule has 0 amide bonds. The molecule has 0 spiro atoms. The van der Waals surface area contributed by atoms with E-state index in [9.17, 15) is 8.42 Å². The second-order valence-corrected chi connectivity index (χ2v) is 10.2. The van der Waals surface area contributed by atoms with E-state index in [-0.39, 0.29) is 5.75 Å². The van der Waals surface area contributed by atoms with Crippen molar-refractivity contribution in [1.82, 2.24) is 10.2 Å². The lowest BCUT2D eigenvalue weighted by Crippen LogP contribution is -2.57. The van der Waals surface area contributed by atoms with E-state index in [0.29, 0.717) is 32.8 Å².